The normalized spacial score (nSPS) is 18.8. The molecule has 0 aromatic rings. The molecular weight excluding hydrogens is 186 g/mol. The van der Waals surface area contributed by atoms with Gasteiger partial charge >= 0.3 is 0 Å². The van der Waals surface area contributed by atoms with Crippen LogP contribution in [0.15, 0.2) is 16.6 Å². The smallest absolute Gasteiger partial charge is 0.188 e. The second kappa shape index (κ2) is 6.49. The largest absolute Gasteiger partial charge is 0.370 e. The number of nitrogens with two attached hydrogens (primary N) is 1. The maximum absolute atomic E-state index is 5.75. The van der Waals surface area contributed by atoms with Crippen molar-refractivity contribution in [2.24, 2.45) is 10.7 Å². The van der Waals surface area contributed by atoms with Gasteiger partial charge in [-0.1, -0.05) is 18.6 Å². The van der Waals surface area contributed by atoms with E-state index in [1.54, 1.807) is 5.57 Å². The lowest BCUT2D eigenvalue weighted by Crippen LogP contribution is -2.38. The molecule has 0 saturated heterocycles. The van der Waals surface area contributed by atoms with Gasteiger partial charge < -0.3 is 11.1 Å². The van der Waals surface area contributed by atoms with E-state index in [-0.39, 0.29) is 0 Å². The highest BCUT2D eigenvalue weighted by atomic mass is 15.1. The Hall–Kier alpha value is -0.990. The van der Waals surface area contributed by atoms with Crippen molar-refractivity contribution in [2.75, 3.05) is 6.54 Å². The first-order valence-electron chi connectivity index (χ1n) is 5.96. The van der Waals surface area contributed by atoms with Gasteiger partial charge in [-0.3, -0.25) is 4.99 Å². The third-order valence-electron chi connectivity index (χ3n) is 2.86. The topological polar surface area (TPSA) is 50.4 Å². The molecule has 0 amide bonds. The molecule has 1 rings (SSSR count). The van der Waals surface area contributed by atoms with Crippen molar-refractivity contribution in [1.29, 1.82) is 0 Å². The van der Waals surface area contributed by atoms with Crippen LogP contribution in [0.3, 0.4) is 0 Å². The zero-order valence-corrected chi connectivity index (χ0v) is 9.92. The Labute approximate surface area is 92.8 Å². The zero-order valence-electron chi connectivity index (χ0n) is 9.92. The Bertz CT molecular complexity index is 243. The van der Waals surface area contributed by atoms with Gasteiger partial charge in [0.15, 0.2) is 5.96 Å². The third kappa shape index (κ3) is 4.86. The summed E-state index contributed by atoms with van der Waals surface area (Å²) in [6.45, 7) is 5.07. The van der Waals surface area contributed by atoms with E-state index >= 15 is 0 Å². The summed E-state index contributed by atoms with van der Waals surface area (Å²) in [5.74, 6) is 0.586. The van der Waals surface area contributed by atoms with E-state index in [1.165, 1.54) is 19.3 Å². The first kappa shape index (κ1) is 12.1. The predicted molar refractivity (Wildman–Crippen MR) is 65.9 cm³/mol. The van der Waals surface area contributed by atoms with E-state index in [0.717, 1.165) is 19.4 Å². The molecule has 0 heterocycles. The van der Waals surface area contributed by atoms with Gasteiger partial charge in [0.2, 0.25) is 0 Å². The lowest BCUT2D eigenvalue weighted by atomic mass is 10.2. The van der Waals surface area contributed by atoms with Gasteiger partial charge in [-0.2, -0.15) is 0 Å². The van der Waals surface area contributed by atoms with E-state index < -0.39 is 0 Å². The van der Waals surface area contributed by atoms with Crippen molar-refractivity contribution in [3.05, 3.63) is 11.6 Å². The fourth-order valence-corrected chi connectivity index (χ4v) is 1.68. The second-order valence-electron chi connectivity index (χ2n) is 4.23. The summed E-state index contributed by atoms with van der Waals surface area (Å²) in [6, 6.07) is 0.416. The first-order chi connectivity index (χ1) is 7.22. The molecule has 0 spiro atoms. The average Bonchev–Trinajstić information content (AvgIpc) is 2.70. The molecule has 0 fully saturated rings. The predicted octanol–water partition coefficient (Wildman–Crippen LogP) is 2.19. The van der Waals surface area contributed by atoms with E-state index in [0.29, 0.717) is 12.0 Å². The Morgan fingerprint density at radius 3 is 3.07 bits per heavy atom. The molecule has 1 atom stereocenters. The Morgan fingerprint density at radius 1 is 1.67 bits per heavy atom. The van der Waals surface area contributed by atoms with E-state index in [1.807, 2.05) is 0 Å². The summed E-state index contributed by atoms with van der Waals surface area (Å²) in [5, 5.41) is 3.16. The highest BCUT2D eigenvalue weighted by Gasteiger charge is 2.03. The zero-order chi connectivity index (χ0) is 11.1. The molecule has 0 aliphatic heterocycles. The van der Waals surface area contributed by atoms with Crippen LogP contribution in [-0.2, 0) is 0 Å². The monoisotopic (exact) mass is 209 g/mol. The van der Waals surface area contributed by atoms with Gasteiger partial charge in [0.1, 0.15) is 0 Å². The molecule has 15 heavy (non-hydrogen) atoms. The molecule has 0 aromatic heterocycles. The summed E-state index contributed by atoms with van der Waals surface area (Å²) >= 11 is 0. The molecule has 3 nitrogen and oxygen atoms in total. The molecule has 0 saturated carbocycles. The summed E-state index contributed by atoms with van der Waals surface area (Å²) in [4.78, 5) is 4.32. The van der Waals surface area contributed by atoms with Crippen molar-refractivity contribution in [3.8, 4) is 0 Å². The van der Waals surface area contributed by atoms with Crippen LogP contribution in [0.2, 0.25) is 0 Å². The number of rotatable bonds is 5. The molecule has 0 aromatic carbocycles. The second-order valence-corrected chi connectivity index (χ2v) is 4.23. The molecule has 0 bridgehead atoms. The standard InChI is InChI=1S/C12H23N3/c1-3-10(2)15-12(13)14-9-8-11-6-4-5-7-11/h6,10H,3-5,7-9H2,1-2H3,(H3,13,14,15). The van der Waals surface area contributed by atoms with Crippen molar-refractivity contribution in [3.63, 3.8) is 0 Å². The van der Waals surface area contributed by atoms with Gasteiger partial charge in [-0.25, -0.2) is 0 Å². The number of nitrogens with one attached hydrogen (secondary N) is 1. The van der Waals surface area contributed by atoms with Crippen molar-refractivity contribution >= 4 is 5.96 Å². The van der Waals surface area contributed by atoms with Gasteiger partial charge in [0.25, 0.3) is 0 Å². The average molecular weight is 209 g/mol. The summed E-state index contributed by atoms with van der Waals surface area (Å²) in [7, 11) is 0. The molecule has 3 heteroatoms. The van der Waals surface area contributed by atoms with Crippen LogP contribution < -0.4 is 11.1 Å². The molecule has 0 radical (unpaired) electrons. The van der Waals surface area contributed by atoms with E-state index in [9.17, 15) is 0 Å². The van der Waals surface area contributed by atoms with Crippen molar-refractivity contribution in [2.45, 2.75) is 52.0 Å². The Morgan fingerprint density at radius 2 is 2.47 bits per heavy atom. The van der Waals surface area contributed by atoms with Crippen LogP contribution in [0.1, 0.15) is 46.0 Å². The summed E-state index contributed by atoms with van der Waals surface area (Å²) < 4.78 is 0. The SMILES string of the molecule is CCC(C)NC(N)=NCCC1=CCCC1. The highest BCUT2D eigenvalue weighted by molar-refractivity contribution is 5.78. The Balaban J connectivity index is 2.18. The first-order valence-corrected chi connectivity index (χ1v) is 5.96. The van der Waals surface area contributed by atoms with Crippen molar-refractivity contribution in [1.82, 2.24) is 5.32 Å². The van der Waals surface area contributed by atoms with Gasteiger partial charge in [0.05, 0.1) is 0 Å². The lowest BCUT2D eigenvalue weighted by Gasteiger charge is -2.11. The minimum atomic E-state index is 0.416. The van der Waals surface area contributed by atoms with Crippen LogP contribution in [0.5, 0.6) is 0 Å². The van der Waals surface area contributed by atoms with Crippen molar-refractivity contribution < 1.29 is 0 Å². The van der Waals surface area contributed by atoms with E-state index in [2.05, 4.69) is 30.2 Å². The number of allylic oxidation sites excluding steroid dienone is 1. The third-order valence-corrected chi connectivity index (χ3v) is 2.86. The number of nitrogens with zero attached hydrogens (tertiary/aromatic N) is 1. The quantitative estimate of drug-likeness (QED) is 0.414. The number of aliphatic imine (C=N–C) groups is 1. The minimum Gasteiger partial charge on any atom is -0.370 e. The lowest BCUT2D eigenvalue weighted by molar-refractivity contribution is 0.636. The van der Waals surface area contributed by atoms with Crippen LogP contribution in [0, 0.1) is 0 Å². The van der Waals surface area contributed by atoms with Gasteiger partial charge in [-0.15, -0.1) is 0 Å². The molecule has 86 valence electrons. The summed E-state index contributed by atoms with van der Waals surface area (Å²) in [5.41, 5.74) is 7.31. The molecule has 1 aliphatic rings. The minimum absolute atomic E-state index is 0.416. The number of guanidine groups is 1. The van der Waals surface area contributed by atoms with Gasteiger partial charge in [-0.05, 0) is 39.0 Å². The maximum atomic E-state index is 5.75. The Kier molecular flexibility index (Phi) is 5.22. The van der Waals surface area contributed by atoms with Gasteiger partial charge in [0, 0.05) is 12.6 Å². The maximum Gasteiger partial charge on any atom is 0.188 e. The molecule has 1 aliphatic carbocycles. The van der Waals surface area contributed by atoms with Crippen LogP contribution in [-0.4, -0.2) is 18.5 Å². The fourth-order valence-electron chi connectivity index (χ4n) is 1.68. The van der Waals surface area contributed by atoms with Crippen LogP contribution >= 0.6 is 0 Å². The van der Waals surface area contributed by atoms with Crippen LogP contribution in [0.25, 0.3) is 0 Å². The molecule has 1 unspecified atom stereocenters. The molecular formula is C12H23N3. The molecule has 3 N–H and O–H groups in total. The highest BCUT2D eigenvalue weighted by Crippen LogP contribution is 2.20. The number of hydrogen-bond donors (Lipinski definition) is 2. The number of hydrogen-bond acceptors (Lipinski definition) is 1. The van der Waals surface area contributed by atoms with Crippen LogP contribution in [0.4, 0.5) is 0 Å². The van der Waals surface area contributed by atoms with E-state index in [4.69, 9.17) is 5.73 Å². The summed E-state index contributed by atoms with van der Waals surface area (Å²) in [6.07, 6.45) is 8.31. The fraction of sp³-hybridized carbons (Fsp3) is 0.750.